The van der Waals surface area contributed by atoms with Crippen molar-refractivity contribution in [3.63, 3.8) is 0 Å². The summed E-state index contributed by atoms with van der Waals surface area (Å²) in [5.74, 6) is 2.36. The predicted molar refractivity (Wildman–Crippen MR) is 100 cm³/mol. The molecule has 7 heteroatoms. The van der Waals surface area contributed by atoms with Crippen LogP contribution < -0.4 is 0 Å². The van der Waals surface area contributed by atoms with Crippen LogP contribution in [0.2, 0.25) is 0 Å². The Bertz CT molecular complexity index is 716. The van der Waals surface area contributed by atoms with E-state index in [9.17, 15) is 4.79 Å². The van der Waals surface area contributed by atoms with E-state index in [1.165, 1.54) is 0 Å². The molecule has 3 rings (SSSR count). The molecule has 0 aliphatic carbocycles. The maximum absolute atomic E-state index is 12.7. The molecule has 1 aliphatic heterocycles. The molecule has 140 valence electrons. The summed E-state index contributed by atoms with van der Waals surface area (Å²) in [5, 5.41) is 0. The van der Waals surface area contributed by atoms with E-state index in [1.807, 2.05) is 18.0 Å². The van der Waals surface area contributed by atoms with Crippen LogP contribution >= 0.6 is 0 Å². The lowest BCUT2D eigenvalue weighted by Crippen LogP contribution is -2.38. The summed E-state index contributed by atoms with van der Waals surface area (Å²) >= 11 is 0. The first kappa shape index (κ1) is 18.5. The van der Waals surface area contributed by atoms with Crippen LogP contribution in [-0.4, -0.2) is 69.0 Å². The molecular formula is C19H28N6O. The Balaban J connectivity index is 1.59. The van der Waals surface area contributed by atoms with Crippen molar-refractivity contribution in [2.24, 2.45) is 0 Å². The highest BCUT2D eigenvalue weighted by Gasteiger charge is 2.27. The number of carbonyl (C=O) groups is 1. The van der Waals surface area contributed by atoms with Gasteiger partial charge < -0.3 is 14.4 Å². The van der Waals surface area contributed by atoms with Crippen LogP contribution in [0.5, 0.6) is 0 Å². The van der Waals surface area contributed by atoms with Gasteiger partial charge in [-0.15, -0.1) is 0 Å². The third kappa shape index (κ3) is 4.27. The number of aryl methyl sites for hydroxylation is 1. The first-order valence-electron chi connectivity index (χ1n) is 9.34. The zero-order valence-corrected chi connectivity index (χ0v) is 15.9. The van der Waals surface area contributed by atoms with Gasteiger partial charge in [-0.1, -0.05) is 6.92 Å². The summed E-state index contributed by atoms with van der Waals surface area (Å²) < 4.78 is 2.25. The van der Waals surface area contributed by atoms with Gasteiger partial charge in [0.25, 0.3) is 5.91 Å². The van der Waals surface area contributed by atoms with Gasteiger partial charge in [0.2, 0.25) is 0 Å². The van der Waals surface area contributed by atoms with Gasteiger partial charge in [0, 0.05) is 63.3 Å². The van der Waals surface area contributed by atoms with Crippen LogP contribution in [-0.2, 0) is 13.0 Å². The van der Waals surface area contributed by atoms with E-state index in [0.29, 0.717) is 11.5 Å². The van der Waals surface area contributed by atoms with Crippen LogP contribution in [0.3, 0.4) is 0 Å². The summed E-state index contributed by atoms with van der Waals surface area (Å²) in [6.45, 7) is 5.44. The SMILES string of the molecule is CCc1ncc(C(=O)N2CCC(c3nccn3CCN(C)C)CC2)cn1. The molecular weight excluding hydrogens is 328 g/mol. The molecule has 0 spiro atoms. The van der Waals surface area contributed by atoms with Gasteiger partial charge in [0.05, 0.1) is 5.56 Å². The molecule has 0 N–H and O–H groups in total. The molecule has 7 nitrogen and oxygen atoms in total. The second-order valence-corrected chi connectivity index (χ2v) is 7.09. The van der Waals surface area contributed by atoms with Crippen LogP contribution in [0.1, 0.15) is 47.7 Å². The van der Waals surface area contributed by atoms with Crippen molar-refractivity contribution in [1.82, 2.24) is 29.3 Å². The predicted octanol–water partition coefficient (Wildman–Crippen LogP) is 1.82. The molecule has 1 fully saturated rings. The molecule has 3 heterocycles. The second-order valence-electron chi connectivity index (χ2n) is 7.09. The van der Waals surface area contributed by atoms with Crippen LogP contribution in [0.4, 0.5) is 0 Å². The number of imidazole rings is 1. The van der Waals surface area contributed by atoms with Crippen molar-refractivity contribution in [3.8, 4) is 0 Å². The summed E-state index contributed by atoms with van der Waals surface area (Å²) in [6, 6.07) is 0. The highest BCUT2D eigenvalue weighted by atomic mass is 16.2. The van der Waals surface area contributed by atoms with Crippen molar-refractivity contribution in [2.45, 2.75) is 38.6 Å². The molecule has 0 radical (unpaired) electrons. The zero-order valence-electron chi connectivity index (χ0n) is 15.9. The smallest absolute Gasteiger partial charge is 0.256 e. The molecule has 0 aromatic carbocycles. The van der Waals surface area contributed by atoms with E-state index >= 15 is 0 Å². The lowest BCUT2D eigenvalue weighted by molar-refractivity contribution is 0.0709. The maximum Gasteiger partial charge on any atom is 0.256 e. The Morgan fingerprint density at radius 3 is 2.50 bits per heavy atom. The summed E-state index contributed by atoms with van der Waals surface area (Å²) in [7, 11) is 4.16. The van der Waals surface area contributed by atoms with Crippen molar-refractivity contribution in [1.29, 1.82) is 0 Å². The number of rotatable bonds is 6. The molecule has 2 aromatic rings. The number of amides is 1. The van der Waals surface area contributed by atoms with Gasteiger partial charge in [0.1, 0.15) is 11.6 Å². The van der Waals surface area contributed by atoms with Crippen LogP contribution in [0.15, 0.2) is 24.8 Å². The third-order valence-corrected chi connectivity index (χ3v) is 4.95. The minimum Gasteiger partial charge on any atom is -0.339 e. The lowest BCUT2D eigenvalue weighted by atomic mass is 9.95. The Kier molecular flexibility index (Phi) is 5.98. The van der Waals surface area contributed by atoms with E-state index < -0.39 is 0 Å². The number of piperidine rings is 1. The average Bonchev–Trinajstić information content (AvgIpc) is 3.14. The van der Waals surface area contributed by atoms with Crippen LogP contribution in [0, 0.1) is 0 Å². The van der Waals surface area contributed by atoms with E-state index in [2.05, 4.69) is 44.7 Å². The number of carbonyl (C=O) groups excluding carboxylic acids is 1. The number of likely N-dealkylation sites (N-methyl/N-ethyl adjacent to an activating group) is 1. The third-order valence-electron chi connectivity index (χ3n) is 4.95. The lowest BCUT2D eigenvalue weighted by Gasteiger charge is -2.32. The topological polar surface area (TPSA) is 67.2 Å². The Labute approximate surface area is 155 Å². The Morgan fingerprint density at radius 1 is 1.19 bits per heavy atom. The quantitative estimate of drug-likeness (QED) is 0.790. The van der Waals surface area contributed by atoms with Crippen molar-refractivity contribution >= 4 is 5.91 Å². The van der Waals surface area contributed by atoms with Crippen molar-refractivity contribution < 1.29 is 4.79 Å². The van der Waals surface area contributed by atoms with E-state index in [4.69, 9.17) is 0 Å². The summed E-state index contributed by atoms with van der Waals surface area (Å²) in [6.07, 6.45) is 9.90. The zero-order chi connectivity index (χ0) is 18.5. The molecule has 1 aliphatic rings. The van der Waals surface area contributed by atoms with E-state index in [-0.39, 0.29) is 5.91 Å². The minimum atomic E-state index is 0.0297. The highest BCUT2D eigenvalue weighted by molar-refractivity contribution is 5.93. The maximum atomic E-state index is 12.7. The number of hydrogen-bond acceptors (Lipinski definition) is 5. The fourth-order valence-corrected chi connectivity index (χ4v) is 3.35. The molecule has 0 unspecified atom stereocenters. The fraction of sp³-hybridized carbons (Fsp3) is 0.579. The fourth-order valence-electron chi connectivity index (χ4n) is 3.35. The van der Waals surface area contributed by atoms with Crippen molar-refractivity contribution in [2.75, 3.05) is 33.7 Å². The first-order valence-corrected chi connectivity index (χ1v) is 9.34. The van der Waals surface area contributed by atoms with Gasteiger partial charge in [0.15, 0.2) is 0 Å². The average molecular weight is 356 g/mol. The summed E-state index contributed by atoms with van der Waals surface area (Å²) in [4.78, 5) is 29.8. The number of likely N-dealkylation sites (tertiary alicyclic amines) is 1. The van der Waals surface area contributed by atoms with Gasteiger partial charge in [-0.2, -0.15) is 0 Å². The highest BCUT2D eigenvalue weighted by Crippen LogP contribution is 2.27. The summed E-state index contributed by atoms with van der Waals surface area (Å²) in [5.41, 5.74) is 0.577. The van der Waals surface area contributed by atoms with Gasteiger partial charge >= 0.3 is 0 Å². The first-order chi connectivity index (χ1) is 12.6. The molecule has 0 bridgehead atoms. The largest absolute Gasteiger partial charge is 0.339 e. The Hall–Kier alpha value is -2.28. The standard InChI is InChI=1S/C19H28N6O/c1-4-17-21-13-16(14-22-17)19(26)25-8-5-15(6-9-25)18-20-7-10-24(18)12-11-23(2)3/h7,10,13-15H,4-6,8-9,11-12H2,1-3H3. The second kappa shape index (κ2) is 8.40. The van der Waals surface area contributed by atoms with E-state index in [1.54, 1.807) is 12.4 Å². The van der Waals surface area contributed by atoms with Crippen molar-refractivity contribution in [3.05, 3.63) is 42.0 Å². The van der Waals surface area contributed by atoms with Gasteiger partial charge in [-0.3, -0.25) is 4.79 Å². The van der Waals surface area contributed by atoms with E-state index in [0.717, 1.165) is 57.1 Å². The number of nitrogens with zero attached hydrogens (tertiary/aromatic N) is 6. The molecule has 26 heavy (non-hydrogen) atoms. The molecule has 1 amide bonds. The molecule has 1 saturated heterocycles. The molecule has 0 atom stereocenters. The minimum absolute atomic E-state index is 0.0297. The monoisotopic (exact) mass is 356 g/mol. The number of aromatic nitrogens is 4. The Morgan fingerprint density at radius 2 is 1.88 bits per heavy atom. The van der Waals surface area contributed by atoms with Gasteiger partial charge in [-0.25, -0.2) is 15.0 Å². The van der Waals surface area contributed by atoms with Gasteiger partial charge in [-0.05, 0) is 26.9 Å². The molecule has 0 saturated carbocycles. The van der Waals surface area contributed by atoms with Crippen LogP contribution in [0.25, 0.3) is 0 Å². The molecule has 2 aromatic heterocycles. The normalized spacial score (nSPS) is 15.6. The number of hydrogen-bond donors (Lipinski definition) is 0.